The summed E-state index contributed by atoms with van der Waals surface area (Å²) in [6, 6.07) is 0.208. The van der Waals surface area contributed by atoms with Gasteiger partial charge in [0.2, 0.25) is 0 Å². The Balaban J connectivity index is 2.04. The standard InChI is InChI=1S/C13H24N2O3S/c1-10(3-5-16)14-7-12(17)8-18-6-4-13-11(2)15-9-19-13/h9-10,12,14,16-17H,3-8H2,1-2H3. The van der Waals surface area contributed by atoms with Crippen LogP contribution in [0.5, 0.6) is 0 Å². The zero-order chi connectivity index (χ0) is 14.1. The molecule has 0 aliphatic rings. The number of hydrogen-bond donors (Lipinski definition) is 3. The van der Waals surface area contributed by atoms with Crippen LogP contribution in [0.25, 0.3) is 0 Å². The van der Waals surface area contributed by atoms with Crippen molar-refractivity contribution in [3.8, 4) is 0 Å². The molecule has 0 aromatic carbocycles. The molecule has 2 unspecified atom stereocenters. The quantitative estimate of drug-likeness (QED) is 0.554. The summed E-state index contributed by atoms with van der Waals surface area (Å²) >= 11 is 1.64. The molecule has 0 bridgehead atoms. The van der Waals surface area contributed by atoms with E-state index >= 15 is 0 Å². The number of ether oxygens (including phenoxy) is 1. The van der Waals surface area contributed by atoms with E-state index in [9.17, 15) is 5.11 Å². The van der Waals surface area contributed by atoms with E-state index in [2.05, 4.69) is 10.3 Å². The largest absolute Gasteiger partial charge is 0.396 e. The van der Waals surface area contributed by atoms with Gasteiger partial charge in [-0.2, -0.15) is 0 Å². The third kappa shape index (κ3) is 6.98. The summed E-state index contributed by atoms with van der Waals surface area (Å²) < 4.78 is 5.46. The van der Waals surface area contributed by atoms with E-state index in [4.69, 9.17) is 9.84 Å². The molecule has 110 valence electrons. The maximum absolute atomic E-state index is 9.72. The molecule has 6 heteroatoms. The second kappa shape index (κ2) is 9.39. The van der Waals surface area contributed by atoms with E-state index in [0.29, 0.717) is 26.2 Å². The average Bonchev–Trinajstić information content (AvgIpc) is 2.78. The van der Waals surface area contributed by atoms with Crippen molar-refractivity contribution in [1.82, 2.24) is 10.3 Å². The lowest BCUT2D eigenvalue weighted by atomic mass is 10.2. The zero-order valence-corrected chi connectivity index (χ0v) is 12.4. The Morgan fingerprint density at radius 3 is 2.95 bits per heavy atom. The summed E-state index contributed by atoms with van der Waals surface area (Å²) in [5, 5.41) is 21.6. The number of thiazole rings is 1. The van der Waals surface area contributed by atoms with Gasteiger partial charge in [0.15, 0.2) is 0 Å². The van der Waals surface area contributed by atoms with Crippen molar-refractivity contribution in [3.05, 3.63) is 16.1 Å². The molecule has 1 rings (SSSR count). The first-order chi connectivity index (χ1) is 9.13. The topological polar surface area (TPSA) is 74.6 Å². The predicted molar refractivity (Wildman–Crippen MR) is 76.5 cm³/mol. The number of aliphatic hydroxyl groups excluding tert-OH is 2. The Morgan fingerprint density at radius 1 is 1.53 bits per heavy atom. The third-order valence-electron chi connectivity index (χ3n) is 2.89. The normalized spacial score (nSPS) is 14.5. The van der Waals surface area contributed by atoms with Gasteiger partial charge in [-0.05, 0) is 20.3 Å². The number of aromatic nitrogens is 1. The molecule has 1 aromatic rings. The Bertz CT molecular complexity index is 346. The summed E-state index contributed by atoms with van der Waals surface area (Å²) in [6.07, 6.45) is 1.03. The highest BCUT2D eigenvalue weighted by Gasteiger charge is 2.07. The third-order valence-corrected chi connectivity index (χ3v) is 3.89. The van der Waals surface area contributed by atoms with Crippen LogP contribution in [0.15, 0.2) is 5.51 Å². The van der Waals surface area contributed by atoms with E-state index in [1.54, 1.807) is 11.3 Å². The molecule has 0 spiro atoms. The Hall–Kier alpha value is -0.530. The molecule has 19 heavy (non-hydrogen) atoms. The van der Waals surface area contributed by atoms with Crippen LogP contribution in [0.2, 0.25) is 0 Å². The molecule has 2 atom stereocenters. The Morgan fingerprint density at radius 2 is 2.32 bits per heavy atom. The van der Waals surface area contributed by atoms with Crippen LogP contribution in [0.1, 0.15) is 23.9 Å². The maximum atomic E-state index is 9.72. The molecule has 1 heterocycles. The fraction of sp³-hybridized carbons (Fsp3) is 0.769. The summed E-state index contributed by atoms with van der Waals surface area (Å²) in [4.78, 5) is 5.42. The van der Waals surface area contributed by atoms with E-state index in [-0.39, 0.29) is 12.6 Å². The summed E-state index contributed by atoms with van der Waals surface area (Å²) in [6.45, 7) is 5.56. The number of hydrogen-bond acceptors (Lipinski definition) is 6. The van der Waals surface area contributed by atoms with Crippen molar-refractivity contribution in [2.75, 3.05) is 26.4 Å². The number of rotatable bonds is 10. The van der Waals surface area contributed by atoms with Crippen LogP contribution in [-0.4, -0.2) is 53.7 Å². The smallest absolute Gasteiger partial charge is 0.0897 e. The zero-order valence-electron chi connectivity index (χ0n) is 11.6. The fourth-order valence-corrected chi connectivity index (χ4v) is 2.40. The molecule has 0 aliphatic carbocycles. The Kier molecular flexibility index (Phi) is 8.16. The number of aliphatic hydroxyl groups is 2. The van der Waals surface area contributed by atoms with Gasteiger partial charge in [0.05, 0.1) is 30.5 Å². The molecule has 0 fully saturated rings. The second-order valence-electron chi connectivity index (χ2n) is 4.66. The number of nitrogens with one attached hydrogen (secondary N) is 1. The molecule has 0 saturated carbocycles. The minimum absolute atomic E-state index is 0.162. The van der Waals surface area contributed by atoms with Crippen LogP contribution >= 0.6 is 11.3 Å². The predicted octanol–water partition coefficient (Wildman–Crippen LogP) is 0.732. The van der Waals surface area contributed by atoms with Gasteiger partial charge in [0.25, 0.3) is 0 Å². The average molecular weight is 288 g/mol. The Labute approximate surface area is 118 Å². The summed E-state index contributed by atoms with van der Waals surface area (Å²) in [5.74, 6) is 0. The molecule has 0 saturated heterocycles. The minimum atomic E-state index is -0.510. The maximum Gasteiger partial charge on any atom is 0.0897 e. The second-order valence-corrected chi connectivity index (χ2v) is 5.60. The van der Waals surface area contributed by atoms with Crippen LogP contribution in [0.3, 0.4) is 0 Å². The van der Waals surface area contributed by atoms with E-state index in [1.807, 2.05) is 19.4 Å². The summed E-state index contributed by atoms with van der Waals surface area (Å²) in [5.41, 5.74) is 2.90. The highest BCUT2D eigenvalue weighted by atomic mass is 32.1. The van der Waals surface area contributed by atoms with Gasteiger partial charge < -0.3 is 20.3 Å². The molecule has 5 nitrogen and oxygen atoms in total. The van der Waals surface area contributed by atoms with Crippen LogP contribution < -0.4 is 5.32 Å². The lowest BCUT2D eigenvalue weighted by molar-refractivity contribution is 0.0370. The van der Waals surface area contributed by atoms with Crippen molar-refractivity contribution >= 4 is 11.3 Å². The number of aryl methyl sites for hydroxylation is 1. The van der Waals surface area contributed by atoms with Crippen molar-refractivity contribution in [2.24, 2.45) is 0 Å². The van der Waals surface area contributed by atoms with Gasteiger partial charge in [0.1, 0.15) is 0 Å². The fourth-order valence-electron chi connectivity index (χ4n) is 1.64. The van der Waals surface area contributed by atoms with Gasteiger partial charge >= 0.3 is 0 Å². The molecular formula is C13H24N2O3S. The molecule has 0 aliphatic heterocycles. The van der Waals surface area contributed by atoms with Crippen LogP contribution in [0, 0.1) is 6.92 Å². The van der Waals surface area contributed by atoms with E-state index in [0.717, 1.165) is 12.1 Å². The van der Waals surface area contributed by atoms with Crippen LogP contribution in [-0.2, 0) is 11.2 Å². The van der Waals surface area contributed by atoms with Gasteiger partial charge in [-0.25, -0.2) is 4.98 Å². The molecule has 0 radical (unpaired) electrons. The van der Waals surface area contributed by atoms with Gasteiger partial charge in [-0.1, -0.05) is 0 Å². The SMILES string of the molecule is Cc1ncsc1CCOCC(O)CNC(C)CCO. The minimum Gasteiger partial charge on any atom is -0.396 e. The van der Waals surface area contributed by atoms with Crippen molar-refractivity contribution in [1.29, 1.82) is 0 Å². The highest BCUT2D eigenvalue weighted by Crippen LogP contribution is 2.12. The number of nitrogens with zero attached hydrogens (tertiary/aromatic N) is 1. The van der Waals surface area contributed by atoms with Gasteiger partial charge in [0, 0.05) is 30.5 Å². The van der Waals surface area contributed by atoms with E-state index in [1.165, 1.54) is 4.88 Å². The van der Waals surface area contributed by atoms with Gasteiger partial charge in [-0.15, -0.1) is 11.3 Å². The van der Waals surface area contributed by atoms with Gasteiger partial charge in [-0.3, -0.25) is 0 Å². The molecule has 3 N–H and O–H groups in total. The van der Waals surface area contributed by atoms with Crippen molar-refractivity contribution in [2.45, 2.75) is 38.8 Å². The lowest BCUT2D eigenvalue weighted by Crippen LogP contribution is -2.36. The first-order valence-corrected chi connectivity index (χ1v) is 7.50. The lowest BCUT2D eigenvalue weighted by Gasteiger charge is -2.16. The van der Waals surface area contributed by atoms with E-state index < -0.39 is 6.10 Å². The molecular weight excluding hydrogens is 264 g/mol. The van der Waals surface area contributed by atoms with Crippen LogP contribution in [0.4, 0.5) is 0 Å². The van der Waals surface area contributed by atoms with Crippen molar-refractivity contribution in [3.63, 3.8) is 0 Å². The first-order valence-electron chi connectivity index (χ1n) is 6.62. The summed E-state index contributed by atoms with van der Waals surface area (Å²) in [7, 11) is 0. The van der Waals surface area contributed by atoms with Crippen molar-refractivity contribution < 1.29 is 14.9 Å². The molecule has 0 amide bonds. The monoisotopic (exact) mass is 288 g/mol. The molecule has 1 aromatic heterocycles. The highest BCUT2D eigenvalue weighted by molar-refractivity contribution is 7.09. The first kappa shape index (κ1) is 16.5.